The molecule has 0 saturated carbocycles. The van der Waals surface area contributed by atoms with E-state index >= 15 is 0 Å². The number of nitrogens with one attached hydrogen (secondary N) is 2. The van der Waals surface area contributed by atoms with Gasteiger partial charge in [0.05, 0.1) is 17.1 Å². The van der Waals surface area contributed by atoms with Crippen LogP contribution in [0.1, 0.15) is 30.1 Å². The molecule has 1 fully saturated rings. The van der Waals surface area contributed by atoms with Gasteiger partial charge in [0, 0.05) is 48.4 Å². The molecule has 7 nitrogen and oxygen atoms in total. The molecule has 0 bridgehead atoms. The van der Waals surface area contributed by atoms with Crippen LogP contribution in [0.5, 0.6) is 5.75 Å². The quantitative estimate of drug-likeness (QED) is 0.466. The summed E-state index contributed by atoms with van der Waals surface area (Å²) < 4.78 is 6.74. The van der Waals surface area contributed by atoms with E-state index in [2.05, 4.69) is 47.4 Å². The van der Waals surface area contributed by atoms with Crippen molar-refractivity contribution in [3.63, 3.8) is 0 Å². The third kappa shape index (κ3) is 6.68. The summed E-state index contributed by atoms with van der Waals surface area (Å²) in [7, 11) is 1.51. The summed E-state index contributed by atoms with van der Waals surface area (Å²) in [5.41, 5.74) is 2.21. The third-order valence-corrected chi connectivity index (χ3v) is 6.52. The number of benzene rings is 2. The molecule has 0 unspecified atom stereocenters. The second-order valence-electron chi connectivity index (χ2n) is 7.54. The van der Waals surface area contributed by atoms with E-state index in [4.69, 9.17) is 17.0 Å². The summed E-state index contributed by atoms with van der Waals surface area (Å²) in [6.45, 7) is 5.12. The van der Waals surface area contributed by atoms with E-state index in [-0.39, 0.29) is 16.9 Å². The van der Waals surface area contributed by atoms with Crippen LogP contribution in [0.4, 0.5) is 11.4 Å². The first-order chi connectivity index (χ1) is 15.8. The van der Waals surface area contributed by atoms with Crippen LogP contribution >= 0.6 is 44.1 Å². The number of carbonyl (C=O) groups is 2. The molecule has 1 saturated heterocycles. The number of ether oxygens (including phenoxy) is 1. The van der Waals surface area contributed by atoms with Crippen molar-refractivity contribution in [2.45, 2.75) is 19.8 Å². The molecule has 2 amide bonds. The number of methoxy groups -OCH3 is 1. The Morgan fingerprint density at radius 1 is 1.09 bits per heavy atom. The number of thiocarbonyl (C=S) groups is 1. The molecule has 10 heteroatoms. The fourth-order valence-corrected chi connectivity index (χ4v) is 5.21. The van der Waals surface area contributed by atoms with Crippen molar-refractivity contribution in [2.75, 3.05) is 43.5 Å². The highest BCUT2D eigenvalue weighted by Gasteiger charge is 2.21. The zero-order chi connectivity index (χ0) is 24.0. The molecule has 0 atom stereocenters. The van der Waals surface area contributed by atoms with Gasteiger partial charge in [-0.15, -0.1) is 0 Å². The Morgan fingerprint density at radius 3 is 2.36 bits per heavy atom. The number of amides is 2. The molecule has 2 aromatic rings. The maximum atomic E-state index is 12.7. The lowest BCUT2D eigenvalue weighted by atomic mass is 10.2. The van der Waals surface area contributed by atoms with E-state index in [1.807, 2.05) is 36.1 Å². The average molecular weight is 598 g/mol. The maximum absolute atomic E-state index is 12.7. The van der Waals surface area contributed by atoms with E-state index < -0.39 is 0 Å². The minimum atomic E-state index is -0.376. The standard InChI is InChI=1S/C23H26Br2N4O3S/c1-3-4-20(30)29-11-9-28(10-12-29)17-7-5-16(6-8-17)26-23(33)27-22(31)18-13-15(24)14-19(25)21(18)32-2/h5-8,13-14H,3-4,9-12H2,1-2H3,(H2,26,27,31,33). The topological polar surface area (TPSA) is 73.9 Å². The third-order valence-electron chi connectivity index (χ3n) is 5.27. The normalized spacial score (nSPS) is 13.5. The van der Waals surface area contributed by atoms with Crippen LogP contribution in [0.15, 0.2) is 45.3 Å². The molecule has 2 N–H and O–H groups in total. The molecule has 0 aromatic heterocycles. The SMILES string of the molecule is CCCC(=O)N1CCN(c2ccc(NC(=S)NC(=O)c3cc(Br)cc(Br)c3OC)cc2)CC1. The Kier molecular flexibility index (Phi) is 9.10. The molecular weight excluding hydrogens is 572 g/mol. The Labute approximate surface area is 216 Å². The van der Waals surface area contributed by atoms with Gasteiger partial charge in [-0.2, -0.15) is 0 Å². The Balaban J connectivity index is 1.56. The Morgan fingerprint density at radius 2 is 1.76 bits per heavy atom. The lowest BCUT2D eigenvalue weighted by Crippen LogP contribution is -2.48. The first-order valence-electron chi connectivity index (χ1n) is 10.6. The number of rotatable bonds is 6. The fourth-order valence-electron chi connectivity index (χ4n) is 3.61. The van der Waals surface area contributed by atoms with Crippen molar-refractivity contribution in [1.29, 1.82) is 0 Å². The average Bonchev–Trinajstić information content (AvgIpc) is 2.79. The first kappa shape index (κ1) is 25.5. The molecule has 2 aromatic carbocycles. The van der Waals surface area contributed by atoms with Crippen molar-refractivity contribution in [3.8, 4) is 5.75 Å². The second-order valence-corrected chi connectivity index (χ2v) is 9.72. The van der Waals surface area contributed by atoms with Crippen LogP contribution in [-0.2, 0) is 4.79 Å². The molecular formula is C23H26Br2N4O3S. The highest BCUT2D eigenvalue weighted by Crippen LogP contribution is 2.32. The summed E-state index contributed by atoms with van der Waals surface area (Å²) in [5, 5.41) is 5.92. The van der Waals surface area contributed by atoms with Gasteiger partial charge in [-0.25, -0.2) is 0 Å². The van der Waals surface area contributed by atoms with Gasteiger partial charge < -0.3 is 19.9 Å². The molecule has 1 aliphatic heterocycles. The molecule has 0 radical (unpaired) electrons. The van der Waals surface area contributed by atoms with Gasteiger partial charge in [0.25, 0.3) is 5.91 Å². The Bertz CT molecular complexity index is 1030. The van der Waals surface area contributed by atoms with E-state index in [0.29, 0.717) is 22.2 Å². The van der Waals surface area contributed by atoms with E-state index in [1.165, 1.54) is 7.11 Å². The summed E-state index contributed by atoms with van der Waals surface area (Å²) in [6.07, 6.45) is 1.49. The van der Waals surface area contributed by atoms with Crippen molar-refractivity contribution in [3.05, 3.63) is 50.9 Å². The van der Waals surface area contributed by atoms with Gasteiger partial charge >= 0.3 is 0 Å². The van der Waals surface area contributed by atoms with Crippen LogP contribution in [-0.4, -0.2) is 55.1 Å². The molecule has 33 heavy (non-hydrogen) atoms. The monoisotopic (exact) mass is 596 g/mol. The summed E-state index contributed by atoms with van der Waals surface area (Å²) in [4.78, 5) is 29.0. The maximum Gasteiger partial charge on any atom is 0.261 e. The predicted octanol–water partition coefficient (Wildman–Crippen LogP) is 4.80. The van der Waals surface area contributed by atoms with Crippen LogP contribution < -0.4 is 20.3 Å². The predicted molar refractivity (Wildman–Crippen MR) is 142 cm³/mol. The molecule has 3 rings (SSSR count). The summed E-state index contributed by atoms with van der Waals surface area (Å²) in [5.74, 6) is 0.290. The van der Waals surface area contributed by atoms with Gasteiger partial charge in [0.2, 0.25) is 5.91 Å². The largest absolute Gasteiger partial charge is 0.495 e. The number of halogens is 2. The van der Waals surface area contributed by atoms with E-state index in [1.54, 1.807) is 12.1 Å². The molecule has 0 spiro atoms. The van der Waals surface area contributed by atoms with Crippen LogP contribution in [0.25, 0.3) is 0 Å². The number of carbonyl (C=O) groups excluding carboxylic acids is 2. The van der Waals surface area contributed by atoms with Crippen LogP contribution in [0.2, 0.25) is 0 Å². The highest BCUT2D eigenvalue weighted by atomic mass is 79.9. The molecule has 1 heterocycles. The van der Waals surface area contributed by atoms with Crippen LogP contribution in [0.3, 0.4) is 0 Å². The van der Waals surface area contributed by atoms with Gasteiger partial charge in [-0.3, -0.25) is 14.9 Å². The first-order valence-corrected chi connectivity index (χ1v) is 12.6. The van der Waals surface area contributed by atoms with Gasteiger partial charge in [0.1, 0.15) is 5.75 Å². The summed E-state index contributed by atoms with van der Waals surface area (Å²) in [6, 6.07) is 11.3. The lowest BCUT2D eigenvalue weighted by Gasteiger charge is -2.36. The smallest absolute Gasteiger partial charge is 0.261 e. The van der Waals surface area contributed by atoms with Crippen molar-refractivity contribution < 1.29 is 14.3 Å². The Hall–Kier alpha value is -2.17. The highest BCUT2D eigenvalue weighted by molar-refractivity contribution is 9.11. The minimum absolute atomic E-state index is 0.189. The van der Waals surface area contributed by atoms with E-state index in [9.17, 15) is 9.59 Å². The molecule has 176 valence electrons. The van der Waals surface area contributed by atoms with Crippen LogP contribution in [0, 0.1) is 0 Å². The van der Waals surface area contributed by atoms with Crippen molar-refractivity contribution in [1.82, 2.24) is 10.2 Å². The van der Waals surface area contributed by atoms with Gasteiger partial charge in [-0.05, 0) is 71.0 Å². The zero-order valence-corrected chi connectivity index (χ0v) is 22.5. The fraction of sp³-hybridized carbons (Fsp3) is 0.348. The number of anilines is 2. The second kappa shape index (κ2) is 11.8. The number of nitrogens with zero attached hydrogens (tertiary/aromatic N) is 2. The minimum Gasteiger partial charge on any atom is -0.495 e. The van der Waals surface area contributed by atoms with E-state index in [0.717, 1.165) is 48.4 Å². The van der Waals surface area contributed by atoms with Gasteiger partial charge in [-0.1, -0.05) is 22.9 Å². The lowest BCUT2D eigenvalue weighted by molar-refractivity contribution is -0.131. The van der Waals surface area contributed by atoms with Crippen molar-refractivity contribution >= 4 is 72.4 Å². The summed E-state index contributed by atoms with van der Waals surface area (Å²) >= 11 is 12.1. The molecule has 0 aliphatic carbocycles. The van der Waals surface area contributed by atoms with Crippen molar-refractivity contribution in [2.24, 2.45) is 0 Å². The number of hydrogen-bond acceptors (Lipinski definition) is 5. The number of hydrogen-bond donors (Lipinski definition) is 2. The molecule has 1 aliphatic rings. The number of piperazine rings is 1. The zero-order valence-electron chi connectivity index (χ0n) is 18.5. The van der Waals surface area contributed by atoms with Gasteiger partial charge in [0.15, 0.2) is 5.11 Å².